The number of amides is 1. The molecule has 0 saturated heterocycles. The predicted octanol–water partition coefficient (Wildman–Crippen LogP) is 2.55. The smallest absolute Gasteiger partial charge is 0.390 e. The van der Waals surface area contributed by atoms with Gasteiger partial charge in [0.15, 0.2) is 0 Å². The van der Waals surface area contributed by atoms with E-state index in [1.807, 2.05) is 12.1 Å². The zero-order valence-electron chi connectivity index (χ0n) is 14.6. The van der Waals surface area contributed by atoms with E-state index in [4.69, 9.17) is 0 Å². The van der Waals surface area contributed by atoms with Gasteiger partial charge in [-0.1, -0.05) is 36.4 Å². The van der Waals surface area contributed by atoms with E-state index in [0.29, 0.717) is 0 Å². The Morgan fingerprint density at radius 3 is 2.26 bits per heavy atom. The van der Waals surface area contributed by atoms with Gasteiger partial charge in [-0.15, -0.1) is 0 Å². The van der Waals surface area contributed by atoms with Crippen LogP contribution in [0.4, 0.5) is 13.2 Å². The van der Waals surface area contributed by atoms with Crippen LogP contribution in [0.25, 0.3) is 0 Å². The minimum Gasteiger partial charge on any atom is -0.390 e. The summed E-state index contributed by atoms with van der Waals surface area (Å²) in [4.78, 5) is 12.1. The summed E-state index contributed by atoms with van der Waals surface area (Å²) in [5.74, 6) is -0.852. The number of benzene rings is 2. The molecule has 0 bridgehead atoms. The number of rotatable bonds is 6. The van der Waals surface area contributed by atoms with Crippen LogP contribution < -0.4 is 10.6 Å². The molecule has 0 saturated carbocycles. The van der Waals surface area contributed by atoms with Gasteiger partial charge in [-0.3, -0.25) is 4.79 Å². The van der Waals surface area contributed by atoms with Crippen LogP contribution in [0, 0.1) is 0 Å². The van der Waals surface area contributed by atoms with Crippen molar-refractivity contribution in [3.63, 3.8) is 0 Å². The maximum absolute atomic E-state index is 13.0. The fourth-order valence-corrected chi connectivity index (χ4v) is 3.31. The molecule has 1 amide bonds. The van der Waals surface area contributed by atoms with Gasteiger partial charge in [0.25, 0.3) is 5.91 Å². The van der Waals surface area contributed by atoms with Crippen molar-refractivity contribution in [2.24, 2.45) is 0 Å². The number of carbonyl (C=O) groups is 1. The Morgan fingerprint density at radius 1 is 1.04 bits per heavy atom. The monoisotopic (exact) mass is 378 g/mol. The van der Waals surface area contributed by atoms with Gasteiger partial charge in [-0.25, -0.2) is 0 Å². The number of aliphatic hydroxyl groups excluding tert-OH is 1. The third-order valence-corrected chi connectivity index (χ3v) is 4.67. The molecule has 0 aliphatic heterocycles. The van der Waals surface area contributed by atoms with Gasteiger partial charge in [0.2, 0.25) is 0 Å². The molecule has 0 spiro atoms. The third-order valence-electron chi connectivity index (χ3n) is 4.67. The van der Waals surface area contributed by atoms with Gasteiger partial charge in [-0.05, 0) is 36.1 Å². The Kier molecular flexibility index (Phi) is 5.82. The van der Waals surface area contributed by atoms with Crippen molar-refractivity contribution < 1.29 is 23.1 Å². The minimum absolute atomic E-state index is 0.127. The molecule has 27 heavy (non-hydrogen) atoms. The first-order valence-electron chi connectivity index (χ1n) is 8.77. The number of aliphatic hydroxyl groups is 1. The zero-order chi connectivity index (χ0) is 19.4. The summed E-state index contributed by atoms with van der Waals surface area (Å²) in [6.07, 6.45) is -3.76. The highest BCUT2D eigenvalue weighted by molar-refractivity contribution is 5.95. The second-order valence-electron chi connectivity index (χ2n) is 6.69. The van der Waals surface area contributed by atoms with E-state index < -0.39 is 29.3 Å². The van der Waals surface area contributed by atoms with Crippen molar-refractivity contribution in [2.75, 3.05) is 13.1 Å². The van der Waals surface area contributed by atoms with E-state index in [0.717, 1.165) is 25.0 Å². The van der Waals surface area contributed by atoms with E-state index in [-0.39, 0.29) is 19.1 Å². The average molecular weight is 378 g/mol. The van der Waals surface area contributed by atoms with Crippen LogP contribution in [-0.4, -0.2) is 36.2 Å². The van der Waals surface area contributed by atoms with E-state index in [2.05, 4.69) is 22.8 Å². The van der Waals surface area contributed by atoms with Crippen LogP contribution in [-0.2, 0) is 19.0 Å². The highest BCUT2D eigenvalue weighted by Crippen LogP contribution is 2.31. The molecule has 2 aromatic rings. The predicted molar refractivity (Wildman–Crippen MR) is 95.4 cm³/mol. The lowest BCUT2D eigenvalue weighted by Gasteiger charge is -2.17. The summed E-state index contributed by atoms with van der Waals surface area (Å²) in [5.41, 5.74) is 1.12. The van der Waals surface area contributed by atoms with E-state index in [1.54, 1.807) is 0 Å². The van der Waals surface area contributed by atoms with Gasteiger partial charge in [-0.2, -0.15) is 13.2 Å². The van der Waals surface area contributed by atoms with E-state index in [9.17, 15) is 23.1 Å². The van der Waals surface area contributed by atoms with Crippen LogP contribution in [0.2, 0.25) is 0 Å². The maximum Gasteiger partial charge on any atom is 0.417 e. The summed E-state index contributed by atoms with van der Waals surface area (Å²) >= 11 is 0. The average Bonchev–Trinajstić information content (AvgIpc) is 3.06. The Labute approximate surface area is 155 Å². The lowest BCUT2D eigenvalue weighted by atomic mass is 10.1. The molecular weight excluding hydrogens is 357 g/mol. The number of carbonyl (C=O) groups excluding carboxylic acids is 1. The summed E-state index contributed by atoms with van der Waals surface area (Å²) in [7, 11) is 0. The highest BCUT2D eigenvalue weighted by Gasteiger charge is 2.34. The fourth-order valence-electron chi connectivity index (χ4n) is 3.31. The third kappa shape index (κ3) is 4.87. The first-order valence-corrected chi connectivity index (χ1v) is 8.77. The first-order chi connectivity index (χ1) is 12.8. The van der Waals surface area contributed by atoms with Gasteiger partial charge >= 0.3 is 6.18 Å². The van der Waals surface area contributed by atoms with Crippen molar-refractivity contribution in [3.8, 4) is 0 Å². The Morgan fingerprint density at radius 2 is 1.63 bits per heavy atom. The summed E-state index contributed by atoms with van der Waals surface area (Å²) in [6.45, 7) is 0.123. The standard InChI is InChI=1S/C20H21F3N2O2/c21-20(22,23)18-8-4-3-7-17(18)19(27)25-12-16(26)11-24-15-9-13-5-1-2-6-14(13)10-15/h1-8,15-16,24,26H,9-12H2,(H,25,27)/t16-/m0/s1. The van der Waals surface area contributed by atoms with E-state index >= 15 is 0 Å². The van der Waals surface area contributed by atoms with Crippen LogP contribution >= 0.6 is 0 Å². The van der Waals surface area contributed by atoms with Crippen molar-refractivity contribution in [1.29, 1.82) is 0 Å². The molecule has 2 aromatic carbocycles. The number of halogens is 3. The molecule has 7 heteroatoms. The maximum atomic E-state index is 13.0. The SMILES string of the molecule is O=C(NC[C@@H](O)CNC1Cc2ccccc2C1)c1ccccc1C(F)(F)F. The second-order valence-corrected chi connectivity index (χ2v) is 6.69. The molecule has 0 unspecified atom stereocenters. The van der Waals surface area contributed by atoms with Crippen LogP contribution in [0.15, 0.2) is 48.5 Å². The molecule has 1 aliphatic rings. The lowest BCUT2D eigenvalue weighted by molar-refractivity contribution is -0.137. The highest BCUT2D eigenvalue weighted by atomic mass is 19.4. The first kappa shape index (κ1) is 19.4. The van der Waals surface area contributed by atoms with Crippen molar-refractivity contribution in [3.05, 3.63) is 70.8 Å². The Hall–Kier alpha value is -2.38. The fraction of sp³-hybridized carbons (Fsp3) is 0.350. The summed E-state index contributed by atoms with van der Waals surface area (Å²) in [5, 5.41) is 15.7. The zero-order valence-corrected chi connectivity index (χ0v) is 14.6. The van der Waals surface area contributed by atoms with Crippen LogP contribution in [0.5, 0.6) is 0 Å². The van der Waals surface area contributed by atoms with Gasteiger partial charge in [0, 0.05) is 19.1 Å². The van der Waals surface area contributed by atoms with Crippen molar-refractivity contribution in [1.82, 2.24) is 10.6 Å². The molecule has 0 heterocycles. The molecule has 0 radical (unpaired) electrons. The number of alkyl halides is 3. The molecule has 4 nitrogen and oxygen atoms in total. The Balaban J connectivity index is 1.47. The minimum atomic E-state index is -4.61. The molecule has 3 rings (SSSR count). The topological polar surface area (TPSA) is 61.4 Å². The van der Waals surface area contributed by atoms with Crippen molar-refractivity contribution >= 4 is 5.91 Å². The Bertz CT molecular complexity index is 783. The summed E-state index contributed by atoms with van der Waals surface area (Å²) < 4.78 is 38.9. The second kappa shape index (κ2) is 8.10. The van der Waals surface area contributed by atoms with Gasteiger partial charge in [0.1, 0.15) is 0 Å². The van der Waals surface area contributed by atoms with Gasteiger partial charge in [0.05, 0.1) is 17.2 Å². The molecule has 1 aliphatic carbocycles. The van der Waals surface area contributed by atoms with Crippen LogP contribution in [0.3, 0.4) is 0 Å². The number of nitrogens with one attached hydrogen (secondary N) is 2. The summed E-state index contributed by atoms with van der Waals surface area (Å²) in [6, 6.07) is 12.9. The van der Waals surface area contributed by atoms with Crippen LogP contribution in [0.1, 0.15) is 27.0 Å². The molecule has 1 atom stereocenters. The molecular formula is C20H21F3N2O2. The quantitative estimate of drug-likeness (QED) is 0.724. The molecule has 144 valence electrons. The lowest BCUT2D eigenvalue weighted by Crippen LogP contribution is -2.42. The molecule has 3 N–H and O–H groups in total. The number of hydrogen-bond donors (Lipinski definition) is 3. The van der Waals surface area contributed by atoms with Crippen molar-refractivity contribution in [2.45, 2.75) is 31.2 Å². The number of hydrogen-bond acceptors (Lipinski definition) is 3. The van der Waals surface area contributed by atoms with E-state index in [1.165, 1.54) is 23.3 Å². The number of fused-ring (bicyclic) bond motifs is 1. The normalized spacial score (nSPS) is 15.4. The molecule has 0 aromatic heterocycles. The van der Waals surface area contributed by atoms with Gasteiger partial charge < -0.3 is 15.7 Å². The molecule has 0 fully saturated rings. The largest absolute Gasteiger partial charge is 0.417 e.